The Morgan fingerprint density at radius 2 is 2.03 bits per heavy atom. The molecule has 9 nitrogen and oxygen atoms in total. The third kappa shape index (κ3) is 2.88. The van der Waals surface area contributed by atoms with Crippen LogP contribution in [0.1, 0.15) is 48.7 Å². The molecule has 9 heteroatoms. The molecule has 4 aromatic rings. The van der Waals surface area contributed by atoms with Gasteiger partial charge in [-0.2, -0.15) is 5.10 Å². The molecule has 2 bridgehead atoms. The second-order valence-electron chi connectivity index (χ2n) is 10.8. The lowest BCUT2D eigenvalue weighted by Crippen LogP contribution is -2.53. The van der Waals surface area contributed by atoms with E-state index in [1.165, 1.54) is 5.56 Å². The molecule has 0 amide bonds. The van der Waals surface area contributed by atoms with Crippen molar-refractivity contribution in [3.63, 3.8) is 0 Å². The van der Waals surface area contributed by atoms with Crippen molar-refractivity contribution in [2.24, 2.45) is 5.41 Å². The summed E-state index contributed by atoms with van der Waals surface area (Å²) < 4.78 is 8.16. The second kappa shape index (κ2) is 7.11. The SMILES string of the molecule is Cc1nc(C2C3(CO)COC2(c2nc4ccc(N5CC[C@](C)(c6ccccc6)C5)cn4n2)C3)n[nH]1. The Bertz CT molecular complexity index is 1420. The molecule has 3 aliphatic heterocycles. The fourth-order valence-corrected chi connectivity index (χ4v) is 6.57. The number of ether oxygens (including phenoxy) is 1. The Kier molecular flexibility index (Phi) is 4.27. The first-order valence-corrected chi connectivity index (χ1v) is 12.3. The predicted molar refractivity (Wildman–Crippen MR) is 129 cm³/mol. The van der Waals surface area contributed by atoms with Crippen molar-refractivity contribution in [2.75, 3.05) is 31.2 Å². The van der Waals surface area contributed by atoms with Gasteiger partial charge in [-0.1, -0.05) is 37.3 Å². The molecule has 3 saturated heterocycles. The number of rotatable bonds is 5. The lowest BCUT2D eigenvalue weighted by molar-refractivity contribution is -0.0714. The lowest BCUT2D eigenvalue weighted by atomic mass is 9.53. The van der Waals surface area contributed by atoms with Gasteiger partial charge in [-0.05, 0) is 37.5 Å². The highest BCUT2D eigenvalue weighted by atomic mass is 16.5. The van der Waals surface area contributed by atoms with E-state index in [0.717, 1.165) is 36.7 Å². The third-order valence-corrected chi connectivity index (χ3v) is 8.50. The average Bonchev–Trinajstić information content (AvgIpc) is 3.67. The number of aromatic amines is 1. The van der Waals surface area contributed by atoms with Gasteiger partial charge in [0, 0.05) is 23.9 Å². The highest BCUT2D eigenvalue weighted by Crippen LogP contribution is 2.70. The van der Waals surface area contributed by atoms with Gasteiger partial charge in [-0.3, -0.25) is 5.10 Å². The van der Waals surface area contributed by atoms with E-state index in [9.17, 15) is 5.11 Å². The molecule has 180 valence electrons. The first kappa shape index (κ1) is 21.0. The molecule has 4 fully saturated rings. The standard InChI is InChI=1S/C26H29N7O2/c1-17-27-22(30-29-17)21-25(15-34)13-26(21,35-16-25)23-28-20-9-8-19(12-33(20)31-23)32-11-10-24(2,14-32)18-6-4-3-5-7-18/h3-9,12,21,34H,10-11,13-16H2,1-2H3,(H,27,29,30)/t21?,24-,25?,26?/m0/s1. The number of benzene rings is 1. The number of pyridine rings is 1. The van der Waals surface area contributed by atoms with Crippen LogP contribution in [0.25, 0.3) is 5.65 Å². The molecule has 4 atom stereocenters. The molecule has 1 saturated carbocycles. The summed E-state index contributed by atoms with van der Waals surface area (Å²) in [5.74, 6) is 1.87. The van der Waals surface area contributed by atoms with E-state index in [0.29, 0.717) is 24.7 Å². The average molecular weight is 472 g/mol. The van der Waals surface area contributed by atoms with Gasteiger partial charge in [0.15, 0.2) is 17.3 Å². The number of aryl methyl sites for hydroxylation is 1. The van der Waals surface area contributed by atoms with E-state index >= 15 is 0 Å². The maximum atomic E-state index is 10.2. The maximum Gasteiger partial charge on any atom is 0.184 e. The van der Waals surface area contributed by atoms with Gasteiger partial charge >= 0.3 is 0 Å². The van der Waals surface area contributed by atoms with Gasteiger partial charge < -0.3 is 14.7 Å². The number of aromatic nitrogens is 6. The first-order chi connectivity index (χ1) is 16.9. The zero-order valence-corrected chi connectivity index (χ0v) is 20.0. The smallest absolute Gasteiger partial charge is 0.184 e. The van der Waals surface area contributed by atoms with Crippen molar-refractivity contribution in [3.05, 3.63) is 71.7 Å². The predicted octanol–water partition coefficient (Wildman–Crippen LogP) is 2.72. The maximum absolute atomic E-state index is 10.2. The topological polar surface area (TPSA) is 104 Å². The molecular weight excluding hydrogens is 442 g/mol. The van der Waals surface area contributed by atoms with Crippen molar-refractivity contribution in [2.45, 2.75) is 43.6 Å². The summed E-state index contributed by atoms with van der Waals surface area (Å²) in [5.41, 5.74) is 2.34. The van der Waals surface area contributed by atoms with Crippen LogP contribution in [0.2, 0.25) is 0 Å². The van der Waals surface area contributed by atoms with Crippen molar-refractivity contribution in [1.29, 1.82) is 0 Å². The largest absolute Gasteiger partial charge is 0.396 e. The summed E-state index contributed by atoms with van der Waals surface area (Å²) in [6.45, 7) is 6.66. The number of hydrogen-bond acceptors (Lipinski definition) is 7. The number of hydrogen-bond donors (Lipinski definition) is 2. The van der Waals surface area contributed by atoms with Crippen LogP contribution in [0.5, 0.6) is 0 Å². The zero-order valence-electron chi connectivity index (χ0n) is 20.0. The summed E-state index contributed by atoms with van der Waals surface area (Å²) in [6.07, 6.45) is 3.84. The molecule has 35 heavy (non-hydrogen) atoms. The molecule has 0 spiro atoms. The van der Waals surface area contributed by atoms with Gasteiger partial charge in [-0.25, -0.2) is 14.5 Å². The van der Waals surface area contributed by atoms with Crippen LogP contribution in [-0.2, 0) is 15.8 Å². The van der Waals surface area contributed by atoms with Gasteiger partial charge in [0.25, 0.3) is 0 Å². The Balaban J connectivity index is 1.21. The minimum atomic E-state index is -0.705. The zero-order chi connectivity index (χ0) is 23.8. The quantitative estimate of drug-likeness (QED) is 0.461. The highest BCUT2D eigenvalue weighted by Gasteiger charge is 2.74. The number of fused-ring (bicyclic) bond motifs is 2. The van der Waals surface area contributed by atoms with Crippen molar-refractivity contribution < 1.29 is 9.84 Å². The molecular formula is C26H29N7O2. The van der Waals surface area contributed by atoms with E-state index in [1.807, 2.05) is 17.5 Å². The molecule has 1 aromatic carbocycles. The molecule has 0 radical (unpaired) electrons. The number of nitrogens with one attached hydrogen (secondary N) is 1. The number of aliphatic hydroxyl groups is 1. The molecule has 2 N–H and O–H groups in total. The van der Waals surface area contributed by atoms with Gasteiger partial charge in [0.05, 0.1) is 31.0 Å². The molecule has 4 aliphatic rings. The van der Waals surface area contributed by atoms with Crippen LogP contribution < -0.4 is 4.90 Å². The highest BCUT2D eigenvalue weighted by molar-refractivity contribution is 5.54. The third-order valence-electron chi connectivity index (χ3n) is 8.50. The minimum Gasteiger partial charge on any atom is -0.396 e. The van der Waals surface area contributed by atoms with Gasteiger partial charge in [-0.15, -0.1) is 5.10 Å². The van der Waals surface area contributed by atoms with Crippen molar-refractivity contribution >= 4 is 11.3 Å². The minimum absolute atomic E-state index is 0.0274. The van der Waals surface area contributed by atoms with E-state index in [-0.39, 0.29) is 23.4 Å². The molecule has 3 aromatic heterocycles. The number of aliphatic hydroxyl groups excluding tert-OH is 1. The van der Waals surface area contributed by atoms with Crippen LogP contribution >= 0.6 is 0 Å². The monoisotopic (exact) mass is 471 g/mol. The molecule has 6 heterocycles. The number of nitrogens with zero attached hydrogens (tertiary/aromatic N) is 6. The van der Waals surface area contributed by atoms with Crippen molar-refractivity contribution in [3.8, 4) is 0 Å². The van der Waals surface area contributed by atoms with Gasteiger partial charge in [0.1, 0.15) is 11.4 Å². The Morgan fingerprint density at radius 3 is 2.80 bits per heavy atom. The Labute approximate surface area is 203 Å². The molecule has 8 rings (SSSR count). The van der Waals surface area contributed by atoms with E-state index < -0.39 is 5.60 Å². The fourth-order valence-electron chi connectivity index (χ4n) is 6.57. The first-order valence-electron chi connectivity index (χ1n) is 12.3. The summed E-state index contributed by atoms with van der Waals surface area (Å²) >= 11 is 0. The normalized spacial score (nSPS) is 31.9. The van der Waals surface area contributed by atoms with E-state index in [2.05, 4.69) is 69.6 Å². The van der Waals surface area contributed by atoms with E-state index in [4.69, 9.17) is 14.8 Å². The van der Waals surface area contributed by atoms with Gasteiger partial charge in [0.2, 0.25) is 0 Å². The van der Waals surface area contributed by atoms with Crippen LogP contribution in [0.15, 0.2) is 48.7 Å². The molecule has 1 aliphatic carbocycles. The van der Waals surface area contributed by atoms with Crippen LogP contribution in [-0.4, -0.2) is 61.2 Å². The Hall–Kier alpha value is -3.30. The summed E-state index contributed by atoms with van der Waals surface area (Å²) in [7, 11) is 0. The second-order valence-corrected chi connectivity index (χ2v) is 10.8. The van der Waals surface area contributed by atoms with Crippen LogP contribution in [0, 0.1) is 12.3 Å². The molecule has 3 unspecified atom stereocenters. The van der Waals surface area contributed by atoms with Crippen LogP contribution in [0.4, 0.5) is 5.69 Å². The number of anilines is 1. The van der Waals surface area contributed by atoms with Crippen LogP contribution in [0.3, 0.4) is 0 Å². The fraction of sp³-hybridized carbons (Fsp3) is 0.462. The Morgan fingerprint density at radius 1 is 1.17 bits per heavy atom. The van der Waals surface area contributed by atoms with E-state index in [1.54, 1.807) is 0 Å². The summed E-state index contributed by atoms with van der Waals surface area (Å²) in [5, 5.41) is 22.4. The number of H-pyrrole nitrogens is 1. The summed E-state index contributed by atoms with van der Waals surface area (Å²) in [4.78, 5) is 11.9. The summed E-state index contributed by atoms with van der Waals surface area (Å²) in [6, 6.07) is 14.9. The lowest BCUT2D eigenvalue weighted by Gasteiger charge is -2.48. The van der Waals surface area contributed by atoms with Crippen molar-refractivity contribution in [1.82, 2.24) is 29.8 Å².